The summed E-state index contributed by atoms with van der Waals surface area (Å²) in [6, 6.07) is 15.4. The summed E-state index contributed by atoms with van der Waals surface area (Å²) in [5.74, 6) is -0.0803. The van der Waals surface area contributed by atoms with E-state index in [4.69, 9.17) is 0 Å². The third-order valence-electron chi connectivity index (χ3n) is 4.13. The van der Waals surface area contributed by atoms with E-state index in [1.54, 1.807) is 0 Å². The smallest absolute Gasteiger partial charge is 0.232 e. The quantitative estimate of drug-likeness (QED) is 0.772. The van der Waals surface area contributed by atoms with E-state index in [0.717, 1.165) is 16.7 Å². The van der Waals surface area contributed by atoms with Gasteiger partial charge in [-0.2, -0.15) is 0 Å². The average Bonchev–Trinajstić information content (AvgIpc) is 2.59. The van der Waals surface area contributed by atoms with Gasteiger partial charge in [0.15, 0.2) is 0 Å². The molecule has 0 radical (unpaired) electrons. The number of benzene rings is 2. The van der Waals surface area contributed by atoms with Gasteiger partial charge in [0.1, 0.15) is 0 Å². The second-order valence-electron chi connectivity index (χ2n) is 6.49. The van der Waals surface area contributed by atoms with Crippen LogP contribution in [0.5, 0.6) is 0 Å². The van der Waals surface area contributed by atoms with Crippen molar-refractivity contribution in [2.45, 2.75) is 33.2 Å². The van der Waals surface area contributed by atoms with Gasteiger partial charge in [0.05, 0.1) is 11.9 Å². The van der Waals surface area contributed by atoms with Gasteiger partial charge in [-0.15, -0.1) is 0 Å². The summed E-state index contributed by atoms with van der Waals surface area (Å²) in [4.78, 5) is 12.0. The molecule has 0 bridgehead atoms. The topological polar surface area (TPSA) is 66.5 Å². The van der Waals surface area contributed by atoms with E-state index in [2.05, 4.69) is 5.32 Å². The number of aryl methyl sites for hydroxylation is 2. The normalized spacial score (nSPS) is 11.2. The molecule has 2 aromatic rings. The number of rotatable bonds is 8. The molecule has 1 amide bonds. The Kier molecular flexibility index (Phi) is 6.80. The Balaban J connectivity index is 1.94. The van der Waals surface area contributed by atoms with Crippen LogP contribution in [0.4, 0.5) is 5.69 Å². The zero-order valence-electron chi connectivity index (χ0n) is 15.5. The highest BCUT2D eigenvalue weighted by Crippen LogP contribution is 2.24. The molecule has 0 fully saturated rings. The zero-order valence-corrected chi connectivity index (χ0v) is 16.3. The summed E-state index contributed by atoms with van der Waals surface area (Å²) in [7, 11) is -3.41. The van der Waals surface area contributed by atoms with Crippen LogP contribution in [0.15, 0.2) is 48.5 Å². The molecule has 0 unspecified atom stereocenters. The van der Waals surface area contributed by atoms with E-state index < -0.39 is 10.0 Å². The lowest BCUT2D eigenvalue weighted by Gasteiger charge is -2.24. The Morgan fingerprint density at radius 3 is 2.42 bits per heavy atom. The maximum atomic E-state index is 12.2. The van der Waals surface area contributed by atoms with Gasteiger partial charge in [-0.25, -0.2) is 8.42 Å². The minimum Gasteiger partial charge on any atom is -0.352 e. The Hall–Kier alpha value is -2.34. The lowest BCUT2D eigenvalue weighted by molar-refractivity contribution is -0.121. The highest BCUT2D eigenvalue weighted by Gasteiger charge is 2.19. The highest BCUT2D eigenvalue weighted by atomic mass is 32.2. The zero-order chi connectivity index (χ0) is 19.2. The van der Waals surface area contributed by atoms with Crippen LogP contribution in [0.3, 0.4) is 0 Å². The van der Waals surface area contributed by atoms with E-state index in [1.165, 1.54) is 10.6 Å². The number of nitrogens with zero attached hydrogens (tertiary/aromatic N) is 1. The molecule has 26 heavy (non-hydrogen) atoms. The first-order valence-corrected chi connectivity index (χ1v) is 10.5. The number of carbonyl (C=O) groups excluding carboxylic acids is 1. The standard InChI is InChI=1S/C20H26N2O3S/c1-16-11-12-17(2)19(14-16)22(26(3,24)25)13-7-10-20(23)21-15-18-8-5-4-6-9-18/h4-6,8-9,11-12,14H,7,10,13,15H2,1-3H3,(H,21,23). The SMILES string of the molecule is Cc1ccc(C)c(N(CCCC(=O)NCc2ccccc2)S(C)(=O)=O)c1. The van der Waals surface area contributed by atoms with Crippen LogP contribution in [0, 0.1) is 13.8 Å². The maximum absolute atomic E-state index is 12.2. The predicted molar refractivity (Wildman–Crippen MR) is 106 cm³/mol. The van der Waals surface area contributed by atoms with Crippen molar-refractivity contribution in [1.82, 2.24) is 5.32 Å². The molecule has 0 aliphatic heterocycles. The Bertz CT molecular complexity index is 849. The number of hydrogen-bond acceptors (Lipinski definition) is 3. The van der Waals surface area contributed by atoms with Crippen molar-refractivity contribution in [3.05, 3.63) is 65.2 Å². The van der Waals surface area contributed by atoms with E-state index in [9.17, 15) is 13.2 Å². The Labute approximate surface area is 156 Å². The summed E-state index contributed by atoms with van der Waals surface area (Å²) in [5.41, 5.74) is 3.61. The first-order chi connectivity index (χ1) is 12.3. The molecular formula is C20H26N2O3S. The molecular weight excluding hydrogens is 348 g/mol. The molecule has 140 valence electrons. The van der Waals surface area contributed by atoms with Crippen LogP contribution < -0.4 is 9.62 Å². The van der Waals surface area contributed by atoms with Gasteiger partial charge < -0.3 is 5.32 Å². The number of nitrogens with one attached hydrogen (secondary N) is 1. The third kappa shape index (κ3) is 5.88. The minimum absolute atomic E-state index is 0.0803. The van der Waals surface area contributed by atoms with Crippen LogP contribution in [-0.2, 0) is 21.4 Å². The fourth-order valence-corrected chi connectivity index (χ4v) is 3.74. The van der Waals surface area contributed by atoms with Crippen molar-refractivity contribution < 1.29 is 13.2 Å². The molecule has 0 spiro atoms. The molecule has 2 rings (SSSR count). The average molecular weight is 375 g/mol. The first-order valence-electron chi connectivity index (χ1n) is 8.63. The minimum atomic E-state index is -3.41. The summed E-state index contributed by atoms with van der Waals surface area (Å²) in [6.07, 6.45) is 1.94. The molecule has 1 N–H and O–H groups in total. The van der Waals surface area contributed by atoms with Crippen molar-refractivity contribution in [1.29, 1.82) is 0 Å². The van der Waals surface area contributed by atoms with E-state index in [0.29, 0.717) is 18.7 Å². The molecule has 5 nitrogen and oxygen atoms in total. The van der Waals surface area contributed by atoms with Gasteiger partial charge in [0.2, 0.25) is 15.9 Å². The van der Waals surface area contributed by atoms with Gasteiger partial charge in [-0.1, -0.05) is 42.5 Å². The van der Waals surface area contributed by atoms with Crippen molar-refractivity contribution >= 4 is 21.6 Å². The van der Waals surface area contributed by atoms with Crippen molar-refractivity contribution in [3.63, 3.8) is 0 Å². The van der Waals surface area contributed by atoms with Crippen molar-refractivity contribution in [2.75, 3.05) is 17.1 Å². The molecule has 0 aliphatic carbocycles. The molecule has 0 aromatic heterocycles. The largest absolute Gasteiger partial charge is 0.352 e. The summed E-state index contributed by atoms with van der Waals surface area (Å²) in [6.45, 7) is 4.58. The molecule has 0 saturated carbocycles. The van der Waals surface area contributed by atoms with E-state index in [-0.39, 0.29) is 18.9 Å². The molecule has 0 aliphatic rings. The van der Waals surface area contributed by atoms with E-state index in [1.807, 2.05) is 62.4 Å². The van der Waals surface area contributed by atoms with E-state index >= 15 is 0 Å². The first kappa shape index (κ1) is 20.0. The van der Waals surface area contributed by atoms with Gasteiger partial charge in [-0.3, -0.25) is 9.10 Å². The molecule has 6 heteroatoms. The summed E-state index contributed by atoms with van der Waals surface area (Å²) in [5, 5.41) is 2.86. The van der Waals surface area contributed by atoms with Crippen LogP contribution in [-0.4, -0.2) is 27.1 Å². The van der Waals surface area contributed by atoms with Gasteiger partial charge in [0, 0.05) is 19.5 Å². The molecule has 0 atom stereocenters. The Morgan fingerprint density at radius 1 is 1.08 bits per heavy atom. The van der Waals surface area contributed by atoms with Crippen molar-refractivity contribution in [3.8, 4) is 0 Å². The van der Waals surface area contributed by atoms with Gasteiger partial charge in [0.25, 0.3) is 0 Å². The number of sulfonamides is 1. The second-order valence-corrected chi connectivity index (χ2v) is 8.40. The van der Waals surface area contributed by atoms with Gasteiger partial charge >= 0.3 is 0 Å². The van der Waals surface area contributed by atoms with Gasteiger partial charge in [-0.05, 0) is 43.0 Å². The van der Waals surface area contributed by atoms with Crippen LogP contribution >= 0.6 is 0 Å². The lowest BCUT2D eigenvalue weighted by Crippen LogP contribution is -2.32. The monoisotopic (exact) mass is 374 g/mol. The fraction of sp³-hybridized carbons (Fsp3) is 0.350. The molecule has 0 heterocycles. The van der Waals surface area contributed by atoms with Crippen molar-refractivity contribution in [2.24, 2.45) is 0 Å². The maximum Gasteiger partial charge on any atom is 0.232 e. The predicted octanol–water partition coefficient (Wildman–Crippen LogP) is 3.17. The third-order valence-corrected chi connectivity index (χ3v) is 5.31. The number of hydrogen-bond donors (Lipinski definition) is 1. The lowest BCUT2D eigenvalue weighted by atomic mass is 10.1. The summed E-state index contributed by atoms with van der Waals surface area (Å²) >= 11 is 0. The highest BCUT2D eigenvalue weighted by molar-refractivity contribution is 7.92. The second kappa shape index (κ2) is 8.85. The van der Waals surface area contributed by atoms with Crippen LogP contribution in [0.25, 0.3) is 0 Å². The fourth-order valence-electron chi connectivity index (χ4n) is 2.72. The van der Waals surface area contributed by atoms with Crippen LogP contribution in [0.1, 0.15) is 29.5 Å². The summed E-state index contributed by atoms with van der Waals surface area (Å²) < 4.78 is 25.8. The number of carbonyl (C=O) groups is 1. The van der Waals surface area contributed by atoms with Crippen LogP contribution in [0.2, 0.25) is 0 Å². The molecule has 0 saturated heterocycles. The Morgan fingerprint density at radius 2 is 1.77 bits per heavy atom. The number of anilines is 1. The molecule has 2 aromatic carbocycles. The number of amides is 1.